The SMILES string of the molecule is c1ccc(-c2nc(CCNc3ncnc4[nH]ccc34)co2)cc1. The molecule has 0 saturated heterocycles. The molecule has 0 aliphatic carbocycles. The average molecular weight is 305 g/mol. The molecule has 1 aromatic carbocycles. The van der Waals surface area contributed by atoms with Crippen molar-refractivity contribution in [2.24, 2.45) is 0 Å². The zero-order chi connectivity index (χ0) is 15.5. The third kappa shape index (κ3) is 2.78. The van der Waals surface area contributed by atoms with Crippen molar-refractivity contribution in [3.63, 3.8) is 0 Å². The van der Waals surface area contributed by atoms with Gasteiger partial charge in [0.1, 0.15) is 24.1 Å². The molecule has 0 unspecified atom stereocenters. The largest absolute Gasteiger partial charge is 0.444 e. The third-order valence-corrected chi connectivity index (χ3v) is 3.60. The van der Waals surface area contributed by atoms with E-state index >= 15 is 0 Å². The minimum Gasteiger partial charge on any atom is -0.444 e. The van der Waals surface area contributed by atoms with Crippen LogP contribution in [-0.2, 0) is 6.42 Å². The number of hydrogen-bond acceptors (Lipinski definition) is 5. The van der Waals surface area contributed by atoms with Gasteiger partial charge in [-0.25, -0.2) is 15.0 Å². The zero-order valence-electron chi connectivity index (χ0n) is 12.4. The van der Waals surface area contributed by atoms with Crippen LogP contribution in [0.1, 0.15) is 5.69 Å². The Labute approximate surface area is 132 Å². The van der Waals surface area contributed by atoms with Gasteiger partial charge in [-0.1, -0.05) is 18.2 Å². The van der Waals surface area contributed by atoms with E-state index in [9.17, 15) is 0 Å². The van der Waals surface area contributed by atoms with E-state index in [0.29, 0.717) is 5.89 Å². The fraction of sp³-hybridized carbons (Fsp3) is 0.118. The maximum atomic E-state index is 5.54. The number of H-pyrrole nitrogens is 1. The van der Waals surface area contributed by atoms with Gasteiger partial charge in [0.15, 0.2) is 0 Å². The van der Waals surface area contributed by atoms with Crippen molar-refractivity contribution in [3.05, 3.63) is 60.9 Å². The molecule has 0 amide bonds. The Morgan fingerprint density at radius 1 is 1.09 bits per heavy atom. The molecule has 0 radical (unpaired) electrons. The molecule has 6 heteroatoms. The molecule has 4 aromatic rings. The Hall–Kier alpha value is -3.15. The predicted molar refractivity (Wildman–Crippen MR) is 88.0 cm³/mol. The van der Waals surface area contributed by atoms with Crippen LogP contribution in [0, 0.1) is 0 Å². The highest BCUT2D eigenvalue weighted by Crippen LogP contribution is 2.19. The molecule has 0 saturated carbocycles. The summed E-state index contributed by atoms with van der Waals surface area (Å²) >= 11 is 0. The average Bonchev–Trinajstić information content (AvgIpc) is 3.25. The van der Waals surface area contributed by atoms with E-state index in [-0.39, 0.29) is 0 Å². The van der Waals surface area contributed by atoms with Gasteiger partial charge in [-0.05, 0) is 18.2 Å². The lowest BCUT2D eigenvalue weighted by atomic mass is 10.2. The number of nitrogens with one attached hydrogen (secondary N) is 2. The van der Waals surface area contributed by atoms with E-state index in [1.165, 1.54) is 0 Å². The molecule has 3 heterocycles. The molecular weight excluding hydrogens is 290 g/mol. The van der Waals surface area contributed by atoms with Crippen LogP contribution in [0.3, 0.4) is 0 Å². The van der Waals surface area contributed by atoms with Gasteiger partial charge in [-0.15, -0.1) is 0 Å². The number of rotatable bonds is 5. The van der Waals surface area contributed by atoms with Crippen molar-refractivity contribution in [2.75, 3.05) is 11.9 Å². The first-order valence-corrected chi connectivity index (χ1v) is 7.42. The van der Waals surface area contributed by atoms with E-state index in [4.69, 9.17) is 4.42 Å². The lowest BCUT2D eigenvalue weighted by Gasteiger charge is -2.04. The van der Waals surface area contributed by atoms with Crippen LogP contribution in [0.5, 0.6) is 0 Å². The number of aromatic amines is 1. The van der Waals surface area contributed by atoms with Crippen LogP contribution >= 0.6 is 0 Å². The lowest BCUT2D eigenvalue weighted by Crippen LogP contribution is -2.07. The summed E-state index contributed by atoms with van der Waals surface area (Å²) in [5, 5.41) is 4.30. The van der Waals surface area contributed by atoms with Crippen LogP contribution in [0.15, 0.2) is 59.6 Å². The first kappa shape index (κ1) is 13.5. The summed E-state index contributed by atoms with van der Waals surface area (Å²) < 4.78 is 5.54. The lowest BCUT2D eigenvalue weighted by molar-refractivity contribution is 0.572. The Morgan fingerprint density at radius 3 is 2.91 bits per heavy atom. The van der Waals surface area contributed by atoms with Crippen molar-refractivity contribution in [1.82, 2.24) is 19.9 Å². The molecule has 114 valence electrons. The Balaban J connectivity index is 1.42. The van der Waals surface area contributed by atoms with Gasteiger partial charge < -0.3 is 14.7 Å². The highest BCUT2D eigenvalue weighted by atomic mass is 16.3. The fourth-order valence-electron chi connectivity index (χ4n) is 2.46. The molecule has 4 rings (SSSR count). The number of anilines is 1. The summed E-state index contributed by atoms with van der Waals surface area (Å²) in [6, 6.07) is 11.8. The van der Waals surface area contributed by atoms with Gasteiger partial charge in [-0.3, -0.25) is 0 Å². The van der Waals surface area contributed by atoms with Gasteiger partial charge in [0, 0.05) is 24.7 Å². The number of hydrogen-bond donors (Lipinski definition) is 2. The van der Waals surface area contributed by atoms with Crippen LogP contribution in [-0.4, -0.2) is 26.5 Å². The second-order valence-corrected chi connectivity index (χ2v) is 5.15. The monoisotopic (exact) mass is 305 g/mol. The normalized spacial score (nSPS) is 11.0. The zero-order valence-corrected chi connectivity index (χ0v) is 12.4. The molecule has 0 bridgehead atoms. The summed E-state index contributed by atoms with van der Waals surface area (Å²) in [5.74, 6) is 1.47. The number of benzene rings is 1. The first-order chi connectivity index (χ1) is 11.4. The Bertz CT molecular complexity index is 913. The number of fused-ring (bicyclic) bond motifs is 1. The van der Waals surface area contributed by atoms with Crippen molar-refractivity contribution in [3.8, 4) is 11.5 Å². The minimum absolute atomic E-state index is 0.649. The van der Waals surface area contributed by atoms with Crippen LogP contribution < -0.4 is 5.32 Å². The van der Waals surface area contributed by atoms with E-state index in [0.717, 1.165) is 41.1 Å². The van der Waals surface area contributed by atoms with Gasteiger partial charge in [0.05, 0.1) is 11.1 Å². The molecule has 0 aliphatic rings. The number of aromatic nitrogens is 4. The second-order valence-electron chi connectivity index (χ2n) is 5.15. The van der Waals surface area contributed by atoms with Crippen LogP contribution in [0.2, 0.25) is 0 Å². The third-order valence-electron chi connectivity index (χ3n) is 3.60. The summed E-state index contributed by atoms with van der Waals surface area (Å²) in [6.45, 7) is 0.720. The highest BCUT2D eigenvalue weighted by molar-refractivity contribution is 5.86. The standard InChI is InChI=1S/C17H15N5O/c1-2-4-12(5-3-1)17-22-13(10-23-17)6-8-18-15-14-7-9-19-16(14)21-11-20-15/h1-5,7,9-11H,6,8H2,(H2,18,19,20,21). The van der Waals surface area contributed by atoms with Crippen molar-refractivity contribution < 1.29 is 4.42 Å². The number of oxazole rings is 1. The van der Waals surface area contributed by atoms with E-state index in [1.807, 2.05) is 42.6 Å². The summed E-state index contributed by atoms with van der Waals surface area (Å²) in [7, 11) is 0. The van der Waals surface area contributed by atoms with Crippen LogP contribution in [0.25, 0.3) is 22.5 Å². The molecule has 0 aliphatic heterocycles. The molecule has 0 spiro atoms. The minimum atomic E-state index is 0.649. The summed E-state index contributed by atoms with van der Waals surface area (Å²) in [6.07, 6.45) is 5.86. The maximum absolute atomic E-state index is 5.54. The Kier molecular flexibility index (Phi) is 3.48. The predicted octanol–water partition coefficient (Wildman–Crippen LogP) is 3.27. The van der Waals surface area contributed by atoms with E-state index in [2.05, 4.69) is 25.3 Å². The second kappa shape index (κ2) is 5.92. The number of nitrogens with zero attached hydrogens (tertiary/aromatic N) is 3. The molecule has 6 nitrogen and oxygen atoms in total. The Morgan fingerprint density at radius 2 is 2.00 bits per heavy atom. The summed E-state index contributed by atoms with van der Waals surface area (Å²) in [5.41, 5.74) is 2.72. The fourth-order valence-corrected chi connectivity index (χ4v) is 2.46. The van der Waals surface area contributed by atoms with E-state index in [1.54, 1.807) is 12.6 Å². The first-order valence-electron chi connectivity index (χ1n) is 7.42. The molecule has 0 atom stereocenters. The van der Waals surface area contributed by atoms with E-state index < -0.39 is 0 Å². The molecule has 23 heavy (non-hydrogen) atoms. The maximum Gasteiger partial charge on any atom is 0.226 e. The topological polar surface area (TPSA) is 79.6 Å². The van der Waals surface area contributed by atoms with Gasteiger partial charge in [0.2, 0.25) is 5.89 Å². The van der Waals surface area contributed by atoms with Gasteiger partial charge in [-0.2, -0.15) is 0 Å². The van der Waals surface area contributed by atoms with Crippen molar-refractivity contribution in [2.45, 2.75) is 6.42 Å². The molecule has 0 fully saturated rings. The van der Waals surface area contributed by atoms with Crippen molar-refractivity contribution in [1.29, 1.82) is 0 Å². The van der Waals surface area contributed by atoms with Gasteiger partial charge in [0.25, 0.3) is 0 Å². The van der Waals surface area contributed by atoms with Crippen molar-refractivity contribution >= 4 is 16.9 Å². The molecular formula is C17H15N5O. The highest BCUT2D eigenvalue weighted by Gasteiger charge is 2.07. The molecule has 3 aromatic heterocycles. The van der Waals surface area contributed by atoms with Crippen LogP contribution in [0.4, 0.5) is 5.82 Å². The molecule has 2 N–H and O–H groups in total. The van der Waals surface area contributed by atoms with Gasteiger partial charge >= 0.3 is 0 Å². The quantitative estimate of drug-likeness (QED) is 0.591. The smallest absolute Gasteiger partial charge is 0.226 e. The summed E-state index contributed by atoms with van der Waals surface area (Å²) in [4.78, 5) is 16.0.